The van der Waals surface area contributed by atoms with E-state index in [1.54, 1.807) is 6.92 Å². The van der Waals surface area contributed by atoms with Gasteiger partial charge < -0.3 is 9.80 Å². The quantitative estimate of drug-likeness (QED) is 0.844. The number of carbonyl (C=O) groups excluding carboxylic acids is 1. The highest BCUT2D eigenvalue weighted by Gasteiger charge is 2.32. The number of nitrogens with zero attached hydrogens (tertiary/aromatic N) is 2. The van der Waals surface area contributed by atoms with Crippen molar-refractivity contribution in [2.24, 2.45) is 0 Å². The van der Waals surface area contributed by atoms with Gasteiger partial charge in [-0.05, 0) is 44.9 Å². The first-order chi connectivity index (χ1) is 9.63. The van der Waals surface area contributed by atoms with Gasteiger partial charge in [-0.3, -0.25) is 4.79 Å². The number of hydrogen-bond acceptors (Lipinski definition) is 3. The van der Waals surface area contributed by atoms with Crippen LogP contribution in [0.4, 0.5) is 5.69 Å². The predicted molar refractivity (Wildman–Crippen MR) is 82.4 cm³/mol. The fraction of sp³-hybridized carbons (Fsp3) is 0.588. The van der Waals surface area contributed by atoms with E-state index in [0.29, 0.717) is 18.2 Å². The van der Waals surface area contributed by atoms with Crippen molar-refractivity contribution in [2.45, 2.75) is 39.2 Å². The van der Waals surface area contributed by atoms with E-state index in [-0.39, 0.29) is 0 Å². The molecule has 0 bridgehead atoms. The second-order valence-electron chi connectivity index (χ2n) is 6.29. The van der Waals surface area contributed by atoms with Crippen LogP contribution in [0.25, 0.3) is 0 Å². The van der Waals surface area contributed by atoms with Crippen LogP contribution in [0, 0.1) is 6.92 Å². The van der Waals surface area contributed by atoms with E-state index in [4.69, 9.17) is 0 Å². The molecule has 0 aromatic heterocycles. The molecule has 1 saturated heterocycles. The average Bonchev–Trinajstić information content (AvgIpc) is 2.60. The first-order valence-corrected chi connectivity index (χ1v) is 7.71. The van der Waals surface area contributed by atoms with E-state index < -0.39 is 0 Å². The van der Waals surface area contributed by atoms with Crippen LogP contribution in [0.5, 0.6) is 0 Å². The molecule has 108 valence electrons. The molecule has 2 aliphatic heterocycles. The Kier molecular flexibility index (Phi) is 3.79. The lowest BCUT2D eigenvalue weighted by Crippen LogP contribution is -2.39. The minimum atomic E-state index is 0.302. The summed E-state index contributed by atoms with van der Waals surface area (Å²) in [7, 11) is 0. The molecular weight excluding hydrogens is 248 g/mol. The summed E-state index contributed by atoms with van der Waals surface area (Å²) in [6.45, 7) is 8.16. The van der Waals surface area contributed by atoms with Crippen LogP contribution in [-0.2, 0) is 11.2 Å². The number of carbonyl (C=O) groups is 1. The van der Waals surface area contributed by atoms with Gasteiger partial charge in [0.1, 0.15) is 5.78 Å². The second-order valence-corrected chi connectivity index (χ2v) is 6.29. The SMILES string of the molecule is CC(=O)CCN1CCCN2c3ccc(C)cc3CC2C1. The van der Waals surface area contributed by atoms with Gasteiger partial charge in [0.2, 0.25) is 0 Å². The molecule has 1 unspecified atom stereocenters. The molecular formula is C17H24N2O. The fourth-order valence-corrected chi connectivity index (χ4v) is 3.56. The average molecular weight is 272 g/mol. The summed E-state index contributed by atoms with van der Waals surface area (Å²) in [6.07, 6.45) is 3.05. The summed E-state index contributed by atoms with van der Waals surface area (Å²) in [5, 5.41) is 0. The molecule has 20 heavy (non-hydrogen) atoms. The zero-order valence-corrected chi connectivity index (χ0v) is 12.6. The number of ketones is 1. The second kappa shape index (κ2) is 5.57. The molecule has 0 aliphatic carbocycles. The molecule has 1 aromatic carbocycles. The number of rotatable bonds is 3. The smallest absolute Gasteiger partial charge is 0.131 e. The maximum absolute atomic E-state index is 11.2. The summed E-state index contributed by atoms with van der Waals surface area (Å²) in [5.74, 6) is 0.302. The molecule has 3 rings (SSSR count). The van der Waals surface area contributed by atoms with Gasteiger partial charge >= 0.3 is 0 Å². The molecule has 2 aliphatic rings. The number of Topliss-reactive ketones (excluding diaryl/α,β-unsaturated/α-hetero) is 1. The lowest BCUT2D eigenvalue weighted by molar-refractivity contribution is -0.117. The molecule has 1 fully saturated rings. The number of aryl methyl sites for hydroxylation is 1. The number of fused-ring (bicyclic) bond motifs is 3. The van der Waals surface area contributed by atoms with Crippen molar-refractivity contribution < 1.29 is 4.79 Å². The highest BCUT2D eigenvalue weighted by atomic mass is 16.1. The molecule has 3 nitrogen and oxygen atoms in total. The Bertz CT molecular complexity index is 512. The zero-order chi connectivity index (χ0) is 14.1. The van der Waals surface area contributed by atoms with Gasteiger partial charge in [-0.2, -0.15) is 0 Å². The van der Waals surface area contributed by atoms with Crippen LogP contribution in [0.2, 0.25) is 0 Å². The van der Waals surface area contributed by atoms with Crippen LogP contribution in [0.3, 0.4) is 0 Å². The van der Waals surface area contributed by atoms with Gasteiger partial charge in [-0.25, -0.2) is 0 Å². The Labute approximate surface area is 121 Å². The monoisotopic (exact) mass is 272 g/mol. The van der Waals surface area contributed by atoms with Crippen molar-refractivity contribution in [3.63, 3.8) is 0 Å². The number of hydrogen-bond donors (Lipinski definition) is 0. The van der Waals surface area contributed by atoms with Gasteiger partial charge in [0.25, 0.3) is 0 Å². The maximum atomic E-state index is 11.2. The minimum Gasteiger partial charge on any atom is -0.367 e. The molecule has 1 aromatic rings. The number of anilines is 1. The molecule has 0 radical (unpaired) electrons. The van der Waals surface area contributed by atoms with Crippen molar-refractivity contribution in [3.8, 4) is 0 Å². The van der Waals surface area contributed by atoms with Gasteiger partial charge in [-0.15, -0.1) is 0 Å². The van der Waals surface area contributed by atoms with Crippen LogP contribution < -0.4 is 4.90 Å². The van der Waals surface area contributed by atoms with Crippen LogP contribution >= 0.6 is 0 Å². The van der Waals surface area contributed by atoms with Crippen molar-refractivity contribution >= 4 is 11.5 Å². The van der Waals surface area contributed by atoms with Gasteiger partial charge in [0, 0.05) is 37.8 Å². The predicted octanol–water partition coefficient (Wildman–Crippen LogP) is 2.41. The van der Waals surface area contributed by atoms with Crippen molar-refractivity contribution in [3.05, 3.63) is 29.3 Å². The van der Waals surface area contributed by atoms with E-state index in [1.165, 1.54) is 23.2 Å². The first kappa shape index (κ1) is 13.6. The standard InChI is InChI=1S/C17H24N2O/c1-13-4-5-17-15(10-13)11-16-12-18(9-6-14(2)20)7-3-8-19(16)17/h4-5,10,16H,3,6-9,11-12H2,1-2H3. The Balaban J connectivity index is 1.72. The van der Waals surface area contributed by atoms with Crippen LogP contribution in [0.1, 0.15) is 30.9 Å². The van der Waals surface area contributed by atoms with Crippen LogP contribution in [0.15, 0.2) is 18.2 Å². The van der Waals surface area contributed by atoms with Crippen molar-refractivity contribution in [1.82, 2.24) is 4.90 Å². The normalized spacial score (nSPS) is 22.3. The highest BCUT2D eigenvalue weighted by molar-refractivity contribution is 5.75. The molecule has 1 atom stereocenters. The molecule has 0 N–H and O–H groups in total. The third-order valence-electron chi connectivity index (χ3n) is 4.56. The summed E-state index contributed by atoms with van der Waals surface area (Å²) in [6, 6.07) is 7.44. The third kappa shape index (κ3) is 2.73. The highest BCUT2D eigenvalue weighted by Crippen LogP contribution is 2.34. The molecule has 2 heterocycles. The summed E-state index contributed by atoms with van der Waals surface area (Å²) < 4.78 is 0. The van der Waals surface area contributed by atoms with Crippen LogP contribution in [-0.4, -0.2) is 42.9 Å². The minimum absolute atomic E-state index is 0.302. The summed E-state index contributed by atoms with van der Waals surface area (Å²) in [4.78, 5) is 16.2. The Hall–Kier alpha value is -1.35. The topological polar surface area (TPSA) is 23.6 Å². The largest absolute Gasteiger partial charge is 0.367 e. The fourth-order valence-electron chi connectivity index (χ4n) is 3.56. The number of benzene rings is 1. The molecule has 0 spiro atoms. The van der Waals surface area contributed by atoms with Gasteiger partial charge in [0.05, 0.1) is 0 Å². The zero-order valence-electron chi connectivity index (χ0n) is 12.6. The Morgan fingerprint density at radius 2 is 2.20 bits per heavy atom. The maximum Gasteiger partial charge on any atom is 0.131 e. The van der Waals surface area contributed by atoms with E-state index in [0.717, 1.165) is 32.6 Å². The lowest BCUT2D eigenvalue weighted by Gasteiger charge is -2.27. The van der Waals surface area contributed by atoms with E-state index in [1.807, 2.05) is 0 Å². The first-order valence-electron chi connectivity index (χ1n) is 7.71. The summed E-state index contributed by atoms with van der Waals surface area (Å²) in [5.41, 5.74) is 4.30. The molecule has 0 saturated carbocycles. The molecule has 3 heteroatoms. The van der Waals surface area contributed by atoms with Crippen molar-refractivity contribution in [2.75, 3.05) is 31.1 Å². The lowest BCUT2D eigenvalue weighted by atomic mass is 10.1. The van der Waals surface area contributed by atoms with E-state index >= 15 is 0 Å². The van der Waals surface area contributed by atoms with Gasteiger partial charge in [0.15, 0.2) is 0 Å². The summed E-state index contributed by atoms with van der Waals surface area (Å²) >= 11 is 0. The molecule has 0 amide bonds. The van der Waals surface area contributed by atoms with E-state index in [9.17, 15) is 4.79 Å². The van der Waals surface area contributed by atoms with Crippen molar-refractivity contribution in [1.29, 1.82) is 0 Å². The third-order valence-corrected chi connectivity index (χ3v) is 4.56. The van der Waals surface area contributed by atoms with Gasteiger partial charge in [-0.1, -0.05) is 17.7 Å². The Morgan fingerprint density at radius 3 is 3.00 bits per heavy atom. The Morgan fingerprint density at radius 1 is 1.35 bits per heavy atom. The van der Waals surface area contributed by atoms with E-state index in [2.05, 4.69) is 34.9 Å².